The minimum Gasteiger partial charge on any atom is -0.309 e. The van der Waals surface area contributed by atoms with Crippen LogP contribution >= 0.6 is 0 Å². The van der Waals surface area contributed by atoms with Crippen LogP contribution in [0, 0.1) is 0 Å². The molecule has 0 aliphatic carbocycles. The summed E-state index contributed by atoms with van der Waals surface area (Å²) < 4.78 is 1.93. The van der Waals surface area contributed by atoms with Crippen LogP contribution in [0.4, 0.5) is 0 Å². The molecule has 2 aromatic rings. The summed E-state index contributed by atoms with van der Waals surface area (Å²) in [7, 11) is 0. The van der Waals surface area contributed by atoms with E-state index in [2.05, 4.69) is 37.0 Å². The van der Waals surface area contributed by atoms with Gasteiger partial charge in [0.2, 0.25) is 0 Å². The van der Waals surface area contributed by atoms with Crippen molar-refractivity contribution >= 4 is 0 Å². The van der Waals surface area contributed by atoms with E-state index in [1.54, 1.807) is 0 Å². The maximum Gasteiger partial charge on any atom is 0.0798 e. The van der Waals surface area contributed by atoms with Crippen LogP contribution in [0.15, 0.2) is 55.3 Å². The Bertz CT molecular complexity index is 516. The predicted molar refractivity (Wildman–Crippen MR) is 84.0 cm³/mol. The lowest BCUT2D eigenvalue weighted by molar-refractivity contribution is 0.489. The van der Waals surface area contributed by atoms with Gasteiger partial charge in [-0.15, -0.1) is 6.58 Å². The Kier molecular flexibility index (Phi) is 5.56. The van der Waals surface area contributed by atoms with Gasteiger partial charge in [-0.25, -0.2) is 4.68 Å². The molecule has 0 saturated heterocycles. The summed E-state index contributed by atoms with van der Waals surface area (Å²) in [6.45, 7) is 7.00. The first-order valence-electron chi connectivity index (χ1n) is 7.30. The third kappa shape index (κ3) is 3.81. The maximum atomic E-state index is 4.71. The molecular weight excluding hydrogens is 246 g/mol. The summed E-state index contributed by atoms with van der Waals surface area (Å²) in [5.74, 6) is 0. The lowest BCUT2D eigenvalue weighted by atomic mass is 10.1. The van der Waals surface area contributed by atoms with Crippen LogP contribution in [-0.2, 0) is 0 Å². The van der Waals surface area contributed by atoms with E-state index in [1.807, 2.05) is 35.2 Å². The number of nitrogens with zero attached hydrogens (tertiary/aromatic N) is 2. The molecule has 0 radical (unpaired) electrons. The molecule has 3 nitrogen and oxygen atoms in total. The Balaban J connectivity index is 2.13. The van der Waals surface area contributed by atoms with Crippen LogP contribution in [0.1, 0.15) is 37.9 Å². The number of rotatable bonds is 8. The van der Waals surface area contributed by atoms with Gasteiger partial charge in [-0.3, -0.25) is 0 Å². The lowest BCUT2D eigenvalue weighted by Crippen LogP contribution is -2.22. The van der Waals surface area contributed by atoms with Crippen LogP contribution < -0.4 is 5.32 Å². The van der Waals surface area contributed by atoms with Crippen LogP contribution in [0.5, 0.6) is 0 Å². The summed E-state index contributed by atoms with van der Waals surface area (Å²) in [6, 6.07) is 12.6. The standard InChI is InChI=1S/C17H23N3/c1-3-5-11-16(18-13-4-2)17-12-14-20(19-17)15-9-7-6-8-10-15/h3,6-10,12,14,16,18H,1,4-5,11,13H2,2H3. The molecule has 0 fully saturated rings. The van der Waals surface area contributed by atoms with Crippen molar-refractivity contribution in [2.24, 2.45) is 0 Å². The summed E-state index contributed by atoms with van der Waals surface area (Å²) >= 11 is 0. The smallest absolute Gasteiger partial charge is 0.0798 e. The Morgan fingerprint density at radius 3 is 2.80 bits per heavy atom. The first kappa shape index (κ1) is 14.5. The number of allylic oxidation sites excluding steroid dienone is 1. The van der Waals surface area contributed by atoms with Gasteiger partial charge in [-0.1, -0.05) is 31.2 Å². The molecule has 0 amide bonds. The number of benzene rings is 1. The van der Waals surface area contributed by atoms with E-state index >= 15 is 0 Å². The van der Waals surface area contributed by atoms with Crippen molar-refractivity contribution in [1.29, 1.82) is 0 Å². The van der Waals surface area contributed by atoms with E-state index in [0.29, 0.717) is 6.04 Å². The van der Waals surface area contributed by atoms with Gasteiger partial charge >= 0.3 is 0 Å². The van der Waals surface area contributed by atoms with Crippen molar-refractivity contribution in [3.63, 3.8) is 0 Å². The highest BCUT2D eigenvalue weighted by molar-refractivity contribution is 5.30. The molecule has 2 rings (SSSR count). The molecule has 0 aliphatic rings. The van der Waals surface area contributed by atoms with Crippen LogP contribution in [-0.4, -0.2) is 16.3 Å². The molecule has 0 spiro atoms. The molecule has 1 aromatic carbocycles. The van der Waals surface area contributed by atoms with Gasteiger partial charge in [0, 0.05) is 6.20 Å². The summed E-state index contributed by atoms with van der Waals surface area (Å²) in [6.07, 6.45) is 7.16. The molecule has 1 atom stereocenters. The number of hydrogen-bond donors (Lipinski definition) is 1. The van der Waals surface area contributed by atoms with E-state index in [0.717, 1.165) is 37.2 Å². The molecule has 1 unspecified atom stereocenters. The molecule has 0 saturated carbocycles. The van der Waals surface area contributed by atoms with Gasteiger partial charge in [0.1, 0.15) is 0 Å². The van der Waals surface area contributed by atoms with Crippen LogP contribution in [0.25, 0.3) is 5.69 Å². The second-order valence-electron chi connectivity index (χ2n) is 4.89. The highest BCUT2D eigenvalue weighted by Crippen LogP contribution is 2.18. The van der Waals surface area contributed by atoms with Crippen molar-refractivity contribution in [2.45, 2.75) is 32.2 Å². The fourth-order valence-electron chi connectivity index (χ4n) is 2.21. The van der Waals surface area contributed by atoms with Gasteiger partial charge < -0.3 is 5.32 Å². The highest BCUT2D eigenvalue weighted by Gasteiger charge is 2.13. The van der Waals surface area contributed by atoms with Gasteiger partial charge in [-0.2, -0.15) is 5.10 Å². The minimum atomic E-state index is 0.304. The minimum absolute atomic E-state index is 0.304. The monoisotopic (exact) mass is 269 g/mol. The van der Waals surface area contributed by atoms with Gasteiger partial charge in [0.25, 0.3) is 0 Å². The Hall–Kier alpha value is -1.87. The quantitative estimate of drug-likeness (QED) is 0.737. The number of hydrogen-bond acceptors (Lipinski definition) is 2. The van der Waals surface area contributed by atoms with Crippen molar-refractivity contribution < 1.29 is 0 Å². The maximum absolute atomic E-state index is 4.71. The SMILES string of the molecule is C=CCCC(NCCC)c1ccn(-c2ccccc2)n1. The Labute approximate surface area is 121 Å². The zero-order chi connectivity index (χ0) is 14.2. The van der Waals surface area contributed by atoms with E-state index in [-0.39, 0.29) is 0 Å². The van der Waals surface area contributed by atoms with Gasteiger partial charge in [0.15, 0.2) is 0 Å². The summed E-state index contributed by atoms with van der Waals surface area (Å²) in [5, 5.41) is 8.27. The fraction of sp³-hybridized carbons (Fsp3) is 0.353. The molecule has 1 heterocycles. The predicted octanol–water partition coefficient (Wildman–Crippen LogP) is 3.88. The van der Waals surface area contributed by atoms with E-state index in [1.165, 1.54) is 0 Å². The second-order valence-corrected chi connectivity index (χ2v) is 4.89. The normalized spacial score (nSPS) is 12.2. The average molecular weight is 269 g/mol. The third-order valence-electron chi connectivity index (χ3n) is 3.29. The molecule has 1 N–H and O–H groups in total. The second kappa shape index (κ2) is 7.65. The average Bonchev–Trinajstić information content (AvgIpc) is 2.98. The van der Waals surface area contributed by atoms with Crippen LogP contribution in [0.3, 0.4) is 0 Å². The first-order valence-corrected chi connectivity index (χ1v) is 7.30. The molecule has 3 heteroatoms. The zero-order valence-electron chi connectivity index (χ0n) is 12.1. The molecule has 0 bridgehead atoms. The zero-order valence-corrected chi connectivity index (χ0v) is 12.1. The molecule has 106 valence electrons. The molecule has 1 aromatic heterocycles. The lowest BCUT2D eigenvalue weighted by Gasteiger charge is -2.15. The van der Waals surface area contributed by atoms with Crippen LogP contribution in [0.2, 0.25) is 0 Å². The van der Waals surface area contributed by atoms with Crippen molar-refractivity contribution in [3.05, 3.63) is 60.9 Å². The molecule has 20 heavy (non-hydrogen) atoms. The van der Waals surface area contributed by atoms with Gasteiger partial charge in [-0.05, 0) is 44.0 Å². The number of para-hydroxylation sites is 1. The third-order valence-corrected chi connectivity index (χ3v) is 3.29. The van der Waals surface area contributed by atoms with E-state index < -0.39 is 0 Å². The van der Waals surface area contributed by atoms with Gasteiger partial charge in [0.05, 0.1) is 17.4 Å². The fourth-order valence-corrected chi connectivity index (χ4v) is 2.21. The number of aromatic nitrogens is 2. The molecular formula is C17H23N3. The Morgan fingerprint density at radius 1 is 1.30 bits per heavy atom. The highest BCUT2D eigenvalue weighted by atomic mass is 15.3. The van der Waals surface area contributed by atoms with E-state index in [4.69, 9.17) is 5.10 Å². The first-order chi connectivity index (χ1) is 9.85. The van der Waals surface area contributed by atoms with Crippen molar-refractivity contribution in [3.8, 4) is 5.69 Å². The summed E-state index contributed by atoms with van der Waals surface area (Å²) in [4.78, 5) is 0. The molecule has 0 aliphatic heterocycles. The van der Waals surface area contributed by atoms with Crippen molar-refractivity contribution in [2.75, 3.05) is 6.54 Å². The van der Waals surface area contributed by atoms with Crippen molar-refractivity contribution in [1.82, 2.24) is 15.1 Å². The summed E-state index contributed by atoms with van der Waals surface area (Å²) in [5.41, 5.74) is 2.20. The number of nitrogens with one attached hydrogen (secondary N) is 1. The van der Waals surface area contributed by atoms with E-state index in [9.17, 15) is 0 Å². The largest absolute Gasteiger partial charge is 0.309 e. The topological polar surface area (TPSA) is 29.9 Å². The Morgan fingerprint density at radius 2 is 2.10 bits per heavy atom.